The third-order valence-corrected chi connectivity index (χ3v) is 5.11. The molecule has 0 radical (unpaired) electrons. The van der Waals surface area contributed by atoms with Crippen molar-refractivity contribution in [2.75, 3.05) is 11.4 Å². The van der Waals surface area contributed by atoms with Gasteiger partial charge in [0, 0.05) is 12.2 Å². The number of fused-ring (bicyclic) bond motifs is 1. The van der Waals surface area contributed by atoms with Crippen LogP contribution in [0.25, 0.3) is 0 Å². The van der Waals surface area contributed by atoms with Gasteiger partial charge in [-0.1, -0.05) is 31.4 Å². The monoisotopic (exact) mass is 271 g/mol. The number of nitrogens with zero attached hydrogens (tertiary/aromatic N) is 1. The maximum absolute atomic E-state index is 12.8. The van der Waals surface area contributed by atoms with Gasteiger partial charge in [0.25, 0.3) is 0 Å². The summed E-state index contributed by atoms with van der Waals surface area (Å²) in [5.41, 5.74) is 3.27. The van der Waals surface area contributed by atoms with Crippen molar-refractivity contribution >= 4 is 11.6 Å². The van der Waals surface area contributed by atoms with Gasteiger partial charge < -0.3 is 4.90 Å². The zero-order valence-corrected chi connectivity index (χ0v) is 12.9. The average Bonchev–Trinajstić information content (AvgIpc) is 2.62. The second-order valence-electron chi connectivity index (χ2n) is 7.01. The summed E-state index contributed by atoms with van der Waals surface area (Å²) in [6, 6.07) is 6.33. The molecule has 0 atom stereocenters. The number of hydrogen-bond acceptors (Lipinski definition) is 1. The van der Waals surface area contributed by atoms with Crippen molar-refractivity contribution in [1.82, 2.24) is 0 Å². The highest BCUT2D eigenvalue weighted by molar-refractivity contribution is 6.08. The van der Waals surface area contributed by atoms with E-state index in [9.17, 15) is 4.79 Å². The first kappa shape index (κ1) is 13.7. The minimum absolute atomic E-state index is 0.285. The van der Waals surface area contributed by atoms with Crippen molar-refractivity contribution in [2.45, 2.75) is 58.3 Å². The predicted octanol–water partition coefficient (Wildman–Crippen LogP) is 4.20. The van der Waals surface area contributed by atoms with Crippen LogP contribution in [0, 0.1) is 12.8 Å². The van der Waals surface area contributed by atoms with Crippen LogP contribution < -0.4 is 4.90 Å². The topological polar surface area (TPSA) is 20.3 Å². The number of amides is 1. The molecule has 0 saturated heterocycles. The molecule has 1 fully saturated rings. The molecule has 1 aromatic rings. The highest BCUT2D eigenvalue weighted by Gasteiger charge is 2.45. The molecular weight excluding hydrogens is 246 g/mol. The third-order valence-electron chi connectivity index (χ3n) is 5.11. The first-order valence-electron chi connectivity index (χ1n) is 7.94. The van der Waals surface area contributed by atoms with Crippen LogP contribution in [0.5, 0.6) is 0 Å². The van der Waals surface area contributed by atoms with Gasteiger partial charge in [-0.3, -0.25) is 4.79 Å². The fraction of sp³-hybridized carbons (Fsp3) is 0.611. The molecule has 3 rings (SSSR count). The molecule has 108 valence electrons. The normalized spacial score (nSPS) is 22.1. The minimum Gasteiger partial charge on any atom is -0.311 e. The van der Waals surface area contributed by atoms with Crippen LogP contribution in [0.3, 0.4) is 0 Å². The zero-order chi connectivity index (χ0) is 14.3. The standard InChI is InChI=1S/C18H25NO/c1-13-8-7-11-15-16(13)18(2,3)17(20)19(15)12-14-9-5-4-6-10-14/h7-8,11,14H,4-6,9-10,12H2,1-3H3. The Morgan fingerprint density at radius 1 is 1.20 bits per heavy atom. The van der Waals surface area contributed by atoms with E-state index in [0.29, 0.717) is 5.92 Å². The number of hydrogen-bond donors (Lipinski definition) is 0. The zero-order valence-electron chi connectivity index (χ0n) is 12.9. The Labute approximate surface area is 122 Å². The second kappa shape index (κ2) is 4.91. The summed E-state index contributed by atoms with van der Waals surface area (Å²) in [6.45, 7) is 7.18. The van der Waals surface area contributed by atoms with Crippen LogP contribution in [-0.2, 0) is 10.2 Å². The van der Waals surface area contributed by atoms with E-state index in [4.69, 9.17) is 0 Å². The minimum atomic E-state index is -0.366. The van der Waals surface area contributed by atoms with Crippen LogP contribution >= 0.6 is 0 Å². The smallest absolute Gasteiger partial charge is 0.237 e. The van der Waals surface area contributed by atoms with E-state index in [1.165, 1.54) is 43.2 Å². The summed E-state index contributed by atoms with van der Waals surface area (Å²) in [7, 11) is 0. The van der Waals surface area contributed by atoms with E-state index in [0.717, 1.165) is 12.2 Å². The molecule has 1 aliphatic carbocycles. The fourth-order valence-electron chi connectivity index (χ4n) is 4.05. The van der Waals surface area contributed by atoms with Crippen molar-refractivity contribution in [2.24, 2.45) is 5.92 Å². The van der Waals surface area contributed by atoms with Crippen molar-refractivity contribution < 1.29 is 4.79 Å². The molecular formula is C18H25NO. The third kappa shape index (κ3) is 2.06. The number of aryl methyl sites for hydroxylation is 1. The second-order valence-corrected chi connectivity index (χ2v) is 7.01. The summed E-state index contributed by atoms with van der Waals surface area (Å²) in [5, 5.41) is 0. The number of rotatable bonds is 2. The lowest BCUT2D eigenvalue weighted by atomic mass is 9.83. The molecule has 1 heterocycles. The quantitative estimate of drug-likeness (QED) is 0.789. The lowest BCUT2D eigenvalue weighted by Crippen LogP contribution is -2.39. The van der Waals surface area contributed by atoms with E-state index >= 15 is 0 Å². The van der Waals surface area contributed by atoms with Crippen molar-refractivity contribution in [3.8, 4) is 0 Å². The summed E-state index contributed by atoms with van der Waals surface area (Å²) >= 11 is 0. The Hall–Kier alpha value is -1.31. The van der Waals surface area contributed by atoms with Gasteiger partial charge in [-0.15, -0.1) is 0 Å². The SMILES string of the molecule is Cc1cccc2c1C(C)(C)C(=O)N2CC1CCCCC1. The van der Waals surface area contributed by atoms with Gasteiger partial charge in [-0.05, 0) is 56.7 Å². The van der Waals surface area contributed by atoms with Crippen molar-refractivity contribution in [3.05, 3.63) is 29.3 Å². The molecule has 2 aliphatic rings. The number of carbonyl (C=O) groups is 1. The Morgan fingerprint density at radius 3 is 2.60 bits per heavy atom. The Morgan fingerprint density at radius 2 is 1.90 bits per heavy atom. The van der Waals surface area contributed by atoms with E-state index in [2.05, 4.69) is 43.9 Å². The average molecular weight is 271 g/mol. The molecule has 0 unspecified atom stereocenters. The summed E-state index contributed by atoms with van der Waals surface area (Å²) in [4.78, 5) is 14.9. The van der Waals surface area contributed by atoms with Crippen LogP contribution in [0.1, 0.15) is 57.1 Å². The molecule has 0 spiro atoms. The Kier molecular flexibility index (Phi) is 3.35. The highest BCUT2D eigenvalue weighted by Crippen LogP contribution is 2.44. The first-order chi connectivity index (χ1) is 9.51. The van der Waals surface area contributed by atoms with Gasteiger partial charge in [0.1, 0.15) is 0 Å². The summed E-state index contributed by atoms with van der Waals surface area (Å²) in [6.07, 6.45) is 6.59. The molecule has 2 heteroatoms. The van der Waals surface area contributed by atoms with Gasteiger partial charge >= 0.3 is 0 Å². The molecule has 20 heavy (non-hydrogen) atoms. The maximum atomic E-state index is 12.8. The van der Waals surface area contributed by atoms with Crippen LogP contribution in [0.4, 0.5) is 5.69 Å². The molecule has 0 N–H and O–H groups in total. The van der Waals surface area contributed by atoms with Crippen LogP contribution in [0.15, 0.2) is 18.2 Å². The molecule has 2 nitrogen and oxygen atoms in total. The molecule has 1 aliphatic heterocycles. The Bertz CT molecular complexity index is 526. The molecule has 1 saturated carbocycles. The van der Waals surface area contributed by atoms with E-state index in [-0.39, 0.29) is 11.3 Å². The Balaban J connectivity index is 1.93. The van der Waals surface area contributed by atoms with E-state index < -0.39 is 0 Å². The lowest BCUT2D eigenvalue weighted by Gasteiger charge is -2.28. The van der Waals surface area contributed by atoms with E-state index in [1.807, 2.05) is 0 Å². The molecule has 0 aromatic heterocycles. The van der Waals surface area contributed by atoms with Gasteiger partial charge in [-0.2, -0.15) is 0 Å². The maximum Gasteiger partial charge on any atom is 0.237 e. The largest absolute Gasteiger partial charge is 0.311 e. The van der Waals surface area contributed by atoms with Gasteiger partial charge in [0.15, 0.2) is 0 Å². The van der Waals surface area contributed by atoms with Crippen LogP contribution in [-0.4, -0.2) is 12.5 Å². The van der Waals surface area contributed by atoms with E-state index in [1.54, 1.807) is 0 Å². The van der Waals surface area contributed by atoms with Crippen molar-refractivity contribution in [3.63, 3.8) is 0 Å². The highest BCUT2D eigenvalue weighted by atomic mass is 16.2. The summed E-state index contributed by atoms with van der Waals surface area (Å²) in [5.74, 6) is 0.974. The molecule has 1 aromatic carbocycles. The van der Waals surface area contributed by atoms with Gasteiger partial charge in [0.05, 0.1) is 5.41 Å². The molecule has 0 bridgehead atoms. The first-order valence-corrected chi connectivity index (χ1v) is 7.94. The van der Waals surface area contributed by atoms with Crippen LogP contribution in [0.2, 0.25) is 0 Å². The molecule has 1 amide bonds. The number of benzene rings is 1. The summed E-state index contributed by atoms with van der Waals surface area (Å²) < 4.78 is 0. The number of carbonyl (C=O) groups excluding carboxylic acids is 1. The predicted molar refractivity (Wildman–Crippen MR) is 83.1 cm³/mol. The van der Waals surface area contributed by atoms with Gasteiger partial charge in [-0.25, -0.2) is 0 Å². The van der Waals surface area contributed by atoms with Crippen molar-refractivity contribution in [1.29, 1.82) is 0 Å². The fourth-order valence-corrected chi connectivity index (χ4v) is 4.05. The number of anilines is 1. The lowest BCUT2D eigenvalue weighted by molar-refractivity contribution is -0.122. The van der Waals surface area contributed by atoms with Gasteiger partial charge in [0.2, 0.25) is 5.91 Å².